The van der Waals surface area contributed by atoms with Crippen molar-refractivity contribution < 1.29 is 52.5 Å². The monoisotopic (exact) mass is 578 g/mol. The maximum Gasteiger partial charge on any atom is 0.404 e. The number of nitrogens with one attached hydrogen (secondary N) is 2. The van der Waals surface area contributed by atoms with Crippen LogP contribution in [-0.4, -0.2) is 106 Å². The van der Waals surface area contributed by atoms with E-state index < -0.39 is 41.7 Å². The summed E-state index contributed by atoms with van der Waals surface area (Å²) in [5.74, 6) is -2.91. The molecule has 1 atom stereocenters. The zero-order chi connectivity index (χ0) is 29.6. The van der Waals surface area contributed by atoms with Crippen LogP contribution >= 0.6 is 0 Å². The number of nitrogens with zero attached hydrogens (tertiary/aromatic N) is 1. The summed E-state index contributed by atoms with van der Waals surface area (Å²) >= 11 is 0. The maximum atomic E-state index is 13.1. The van der Waals surface area contributed by atoms with E-state index in [1.54, 1.807) is 0 Å². The zero-order valence-corrected chi connectivity index (χ0v) is 22.5. The zero-order valence-electron chi connectivity index (χ0n) is 22.5. The number of benzene rings is 1. The first kappa shape index (κ1) is 31.4. The molecule has 1 saturated heterocycles. The van der Waals surface area contributed by atoms with Gasteiger partial charge in [-0.3, -0.25) is 34.2 Å². The Labute approximate surface area is 235 Å². The van der Waals surface area contributed by atoms with E-state index in [-0.39, 0.29) is 42.9 Å². The predicted molar refractivity (Wildman–Crippen MR) is 139 cm³/mol. The highest BCUT2D eigenvalue weighted by Crippen LogP contribution is 2.33. The van der Waals surface area contributed by atoms with E-state index in [9.17, 15) is 28.8 Å². The summed E-state index contributed by atoms with van der Waals surface area (Å²) in [7, 11) is 0. The fourth-order valence-corrected chi connectivity index (χ4v) is 4.08. The molecule has 15 heteroatoms. The van der Waals surface area contributed by atoms with Crippen LogP contribution < -0.4 is 21.1 Å². The molecule has 0 aromatic heterocycles. The quantitative estimate of drug-likeness (QED) is 0.150. The van der Waals surface area contributed by atoms with Gasteiger partial charge in [0, 0.05) is 32.6 Å². The van der Waals surface area contributed by atoms with Gasteiger partial charge in [0.15, 0.2) is 6.61 Å². The number of nitrogens with two attached hydrogens (primary N) is 1. The molecule has 3 rings (SSSR count). The van der Waals surface area contributed by atoms with E-state index in [0.717, 1.165) is 4.90 Å². The van der Waals surface area contributed by atoms with E-state index in [4.69, 9.17) is 24.7 Å². The number of piperidine rings is 1. The molecule has 1 fully saturated rings. The molecule has 2 aliphatic rings. The number of rotatable bonds is 18. The van der Waals surface area contributed by atoms with Crippen LogP contribution in [0, 0.1) is 0 Å². The smallest absolute Gasteiger partial charge is 0.404 e. The Morgan fingerprint density at radius 1 is 0.927 bits per heavy atom. The molecule has 15 nitrogen and oxygen atoms in total. The fourth-order valence-electron chi connectivity index (χ4n) is 4.08. The van der Waals surface area contributed by atoms with Crippen LogP contribution in [0.1, 0.15) is 46.4 Å². The number of carbonyl (C=O) groups excluding carboxylic acids is 6. The second-order valence-corrected chi connectivity index (χ2v) is 8.98. The molecule has 1 unspecified atom stereocenters. The van der Waals surface area contributed by atoms with Gasteiger partial charge in [0.25, 0.3) is 17.7 Å². The van der Waals surface area contributed by atoms with E-state index in [2.05, 4.69) is 15.4 Å². The van der Waals surface area contributed by atoms with Gasteiger partial charge < -0.3 is 34.7 Å². The van der Waals surface area contributed by atoms with Gasteiger partial charge in [0.1, 0.15) is 11.8 Å². The van der Waals surface area contributed by atoms with Crippen molar-refractivity contribution in [1.29, 1.82) is 0 Å². The molecule has 4 N–H and O–H groups in total. The summed E-state index contributed by atoms with van der Waals surface area (Å²) in [5.41, 5.74) is 4.89. The number of carbonyl (C=O) groups is 6. The SMILES string of the molecule is NC(=O)OCCCOCCOCCOCCCNC(=O)COc1cccc2c1C(=O)N(C1CCC(=O)NC1=O)C2=O. The highest BCUT2D eigenvalue weighted by molar-refractivity contribution is 6.24. The Balaban J connectivity index is 1.27. The Bertz CT molecular complexity index is 1130. The highest BCUT2D eigenvalue weighted by atomic mass is 16.6. The first-order valence-electron chi connectivity index (χ1n) is 13.2. The molecule has 2 heterocycles. The van der Waals surface area contributed by atoms with Crippen molar-refractivity contribution >= 4 is 35.6 Å². The van der Waals surface area contributed by atoms with Crippen LogP contribution in [0.3, 0.4) is 0 Å². The number of amides is 6. The van der Waals surface area contributed by atoms with Crippen LogP contribution in [0.4, 0.5) is 4.79 Å². The summed E-state index contributed by atoms with van der Waals surface area (Å²) in [5, 5.41) is 4.83. The average Bonchev–Trinajstić information content (AvgIpc) is 3.19. The number of hydrogen-bond acceptors (Lipinski definition) is 11. The van der Waals surface area contributed by atoms with Crippen molar-refractivity contribution in [2.75, 3.05) is 59.4 Å². The van der Waals surface area contributed by atoms with E-state index >= 15 is 0 Å². The molecule has 1 aromatic carbocycles. The summed E-state index contributed by atoms with van der Waals surface area (Å²) in [6.45, 7) is 2.56. The molecule has 41 heavy (non-hydrogen) atoms. The molecule has 0 aliphatic carbocycles. The van der Waals surface area contributed by atoms with Crippen LogP contribution in [0.5, 0.6) is 5.75 Å². The Morgan fingerprint density at radius 2 is 1.61 bits per heavy atom. The lowest BCUT2D eigenvalue weighted by Gasteiger charge is -2.27. The van der Waals surface area contributed by atoms with Gasteiger partial charge >= 0.3 is 6.09 Å². The third kappa shape index (κ3) is 9.51. The molecule has 1 aromatic rings. The fraction of sp³-hybridized carbons (Fsp3) is 0.538. The maximum absolute atomic E-state index is 13.1. The van der Waals surface area contributed by atoms with Crippen LogP contribution in [0.25, 0.3) is 0 Å². The van der Waals surface area contributed by atoms with Gasteiger partial charge in [0.05, 0.1) is 44.2 Å². The van der Waals surface area contributed by atoms with Gasteiger partial charge in [-0.2, -0.15) is 0 Å². The first-order chi connectivity index (χ1) is 19.8. The topological polar surface area (TPSA) is 202 Å². The predicted octanol–water partition coefficient (Wildman–Crippen LogP) is -0.492. The van der Waals surface area contributed by atoms with Gasteiger partial charge in [-0.25, -0.2) is 4.79 Å². The van der Waals surface area contributed by atoms with Crippen molar-refractivity contribution in [3.8, 4) is 5.75 Å². The molecule has 6 amide bonds. The minimum atomic E-state index is -1.09. The van der Waals surface area contributed by atoms with E-state index in [1.165, 1.54) is 18.2 Å². The van der Waals surface area contributed by atoms with Gasteiger partial charge in [-0.15, -0.1) is 0 Å². The summed E-state index contributed by atoms with van der Waals surface area (Å²) in [6.07, 6.45) is 0.350. The number of hydrogen-bond donors (Lipinski definition) is 3. The van der Waals surface area contributed by atoms with Crippen molar-refractivity contribution in [3.63, 3.8) is 0 Å². The number of imide groups is 2. The third-order valence-electron chi connectivity index (χ3n) is 6.00. The van der Waals surface area contributed by atoms with Crippen molar-refractivity contribution in [3.05, 3.63) is 29.3 Å². The van der Waals surface area contributed by atoms with Crippen molar-refractivity contribution in [1.82, 2.24) is 15.5 Å². The second kappa shape index (κ2) is 16.2. The van der Waals surface area contributed by atoms with Crippen LogP contribution in [0.2, 0.25) is 0 Å². The minimum absolute atomic E-state index is 0.0149. The van der Waals surface area contributed by atoms with Crippen LogP contribution in [0.15, 0.2) is 18.2 Å². The molecular formula is C26H34N4O11. The number of fused-ring (bicyclic) bond motifs is 1. The molecule has 0 spiro atoms. The lowest BCUT2D eigenvalue weighted by atomic mass is 10.0. The highest BCUT2D eigenvalue weighted by Gasteiger charge is 2.46. The van der Waals surface area contributed by atoms with E-state index in [1.807, 2.05) is 0 Å². The summed E-state index contributed by atoms with van der Waals surface area (Å²) in [6, 6.07) is 3.34. The Kier molecular flexibility index (Phi) is 12.5. The Hall–Kier alpha value is -4.08. The molecule has 0 bridgehead atoms. The second-order valence-electron chi connectivity index (χ2n) is 8.98. The molecular weight excluding hydrogens is 544 g/mol. The molecule has 224 valence electrons. The summed E-state index contributed by atoms with van der Waals surface area (Å²) in [4.78, 5) is 73.0. The van der Waals surface area contributed by atoms with E-state index in [0.29, 0.717) is 59.0 Å². The lowest BCUT2D eigenvalue weighted by Crippen LogP contribution is -2.54. The van der Waals surface area contributed by atoms with Crippen molar-refractivity contribution in [2.45, 2.75) is 31.7 Å². The number of ether oxygens (including phenoxy) is 5. The Morgan fingerprint density at radius 3 is 2.29 bits per heavy atom. The van der Waals surface area contributed by atoms with Gasteiger partial charge in [-0.05, 0) is 25.0 Å². The minimum Gasteiger partial charge on any atom is -0.483 e. The normalized spacial score (nSPS) is 16.4. The lowest BCUT2D eigenvalue weighted by molar-refractivity contribution is -0.136. The standard InChI is InChI=1S/C26H34N4O11/c27-26(36)40-11-3-10-38-13-15-39-14-12-37-9-2-8-28-21(32)16-41-19-5-1-4-17-22(19)25(35)30(24(17)34)18-6-7-20(31)29-23(18)33/h1,4-5,18H,2-3,6-16H2,(H2,27,36)(H,28,32)(H,29,31,33). The number of primary amides is 1. The summed E-state index contributed by atoms with van der Waals surface area (Å²) < 4.78 is 26.2. The van der Waals surface area contributed by atoms with Crippen molar-refractivity contribution in [2.24, 2.45) is 5.73 Å². The first-order valence-corrected chi connectivity index (χ1v) is 13.2. The van der Waals surface area contributed by atoms with Gasteiger partial charge in [-0.1, -0.05) is 6.07 Å². The third-order valence-corrected chi connectivity index (χ3v) is 6.00. The molecule has 0 saturated carbocycles. The van der Waals surface area contributed by atoms with Crippen LogP contribution in [-0.2, 0) is 33.3 Å². The van der Waals surface area contributed by atoms with Gasteiger partial charge in [0.2, 0.25) is 11.8 Å². The average molecular weight is 579 g/mol. The molecule has 2 aliphatic heterocycles. The largest absolute Gasteiger partial charge is 0.483 e. The molecule has 0 radical (unpaired) electrons.